The second kappa shape index (κ2) is 7.83. The highest BCUT2D eigenvalue weighted by Gasteiger charge is 2.25. The van der Waals surface area contributed by atoms with Gasteiger partial charge in [-0.1, -0.05) is 13.8 Å². The maximum atomic E-state index is 13.2. The summed E-state index contributed by atoms with van der Waals surface area (Å²) in [5.74, 6) is -1.56. The number of benzene rings is 1. The van der Waals surface area contributed by atoms with Crippen LogP contribution >= 0.6 is 0 Å². The van der Waals surface area contributed by atoms with Crippen molar-refractivity contribution in [1.29, 1.82) is 5.26 Å². The number of hydrogen-bond acceptors (Lipinski definition) is 5. The molecule has 0 atom stereocenters. The third-order valence-corrected chi connectivity index (χ3v) is 4.08. The summed E-state index contributed by atoms with van der Waals surface area (Å²) in [6, 6.07) is 6.59. The van der Waals surface area contributed by atoms with Gasteiger partial charge in [-0.3, -0.25) is 23.9 Å². The van der Waals surface area contributed by atoms with Crippen LogP contribution in [0, 0.1) is 18.3 Å². The molecule has 140 valence electrons. The van der Waals surface area contributed by atoms with E-state index in [4.69, 9.17) is 11.0 Å². The van der Waals surface area contributed by atoms with Crippen molar-refractivity contribution in [1.82, 2.24) is 9.55 Å². The fourth-order valence-electron chi connectivity index (χ4n) is 2.92. The second-order valence-electron chi connectivity index (χ2n) is 6.57. The molecule has 8 heteroatoms. The van der Waals surface area contributed by atoms with Gasteiger partial charge in [0.15, 0.2) is 0 Å². The first-order chi connectivity index (χ1) is 12.6. The van der Waals surface area contributed by atoms with Gasteiger partial charge in [-0.15, -0.1) is 0 Å². The van der Waals surface area contributed by atoms with Crippen LogP contribution in [0.2, 0.25) is 0 Å². The van der Waals surface area contributed by atoms with Gasteiger partial charge in [0.05, 0.1) is 11.6 Å². The number of carbonyl (C=O) groups is 2. The van der Waals surface area contributed by atoms with Gasteiger partial charge in [-0.05, 0) is 36.6 Å². The maximum Gasteiger partial charge on any atom is 0.328 e. The summed E-state index contributed by atoms with van der Waals surface area (Å²) in [4.78, 5) is 51.3. The summed E-state index contributed by atoms with van der Waals surface area (Å²) in [5, 5.41) is 9.15. The molecule has 0 saturated carbocycles. The average molecular weight is 368 g/mol. The maximum absolute atomic E-state index is 13.2. The number of aryl methyl sites for hydroxylation is 1. The highest BCUT2D eigenvalue weighted by atomic mass is 16.2. The van der Waals surface area contributed by atoms with Gasteiger partial charge in [-0.2, -0.15) is 5.26 Å². The number of nitrogens with zero attached hydrogens (tertiary/aromatic N) is 2. The van der Waals surface area contributed by atoms with E-state index in [2.05, 4.69) is 4.98 Å². The molecule has 0 bridgehead atoms. The van der Waals surface area contributed by atoms with E-state index in [0.717, 1.165) is 4.57 Å². The lowest BCUT2D eigenvalue weighted by Crippen LogP contribution is -2.38. The molecule has 0 aliphatic carbocycles. The Labute approximate surface area is 155 Å². The third-order valence-electron chi connectivity index (χ3n) is 4.08. The van der Waals surface area contributed by atoms with Crippen LogP contribution in [0.15, 0.2) is 27.8 Å². The molecule has 0 spiro atoms. The number of nitrogens with two attached hydrogens (primary N) is 1. The number of rotatable bonds is 6. The SMILES string of the molecule is Cc1cc(C#N)cc(C(=O)c2c(C(C)C)c(=O)[nH]c(=O)n2CCC(N)=O)c1. The number of nitriles is 1. The van der Waals surface area contributed by atoms with Crippen LogP contribution in [0.5, 0.6) is 0 Å². The molecule has 27 heavy (non-hydrogen) atoms. The number of H-pyrrole nitrogens is 1. The molecule has 2 rings (SSSR count). The first kappa shape index (κ1) is 19.8. The number of aromatic nitrogens is 2. The van der Waals surface area contributed by atoms with E-state index in [-0.39, 0.29) is 35.7 Å². The number of hydrogen-bond donors (Lipinski definition) is 2. The van der Waals surface area contributed by atoms with Crippen molar-refractivity contribution in [2.24, 2.45) is 5.73 Å². The molecule has 0 fully saturated rings. The minimum absolute atomic E-state index is 0.0884. The fraction of sp³-hybridized carbons (Fsp3) is 0.316. The van der Waals surface area contributed by atoms with E-state index < -0.39 is 22.9 Å². The van der Waals surface area contributed by atoms with Crippen molar-refractivity contribution in [2.75, 3.05) is 0 Å². The normalized spacial score (nSPS) is 10.6. The number of primary amides is 1. The monoisotopic (exact) mass is 368 g/mol. The van der Waals surface area contributed by atoms with Gasteiger partial charge in [0, 0.05) is 24.1 Å². The Balaban J connectivity index is 2.79. The molecule has 1 aromatic carbocycles. The van der Waals surface area contributed by atoms with Crippen molar-refractivity contribution in [2.45, 2.75) is 39.7 Å². The lowest BCUT2D eigenvalue weighted by Gasteiger charge is -2.17. The van der Waals surface area contributed by atoms with Crippen LogP contribution in [-0.2, 0) is 11.3 Å². The lowest BCUT2D eigenvalue weighted by molar-refractivity contribution is -0.118. The van der Waals surface area contributed by atoms with E-state index >= 15 is 0 Å². The number of amides is 1. The van der Waals surface area contributed by atoms with Crippen LogP contribution in [0.1, 0.15) is 58.9 Å². The van der Waals surface area contributed by atoms with Gasteiger partial charge in [0.2, 0.25) is 11.7 Å². The second-order valence-corrected chi connectivity index (χ2v) is 6.57. The highest BCUT2D eigenvalue weighted by Crippen LogP contribution is 2.20. The Morgan fingerprint density at radius 2 is 1.93 bits per heavy atom. The van der Waals surface area contributed by atoms with Crippen molar-refractivity contribution >= 4 is 11.7 Å². The van der Waals surface area contributed by atoms with Crippen LogP contribution in [0.3, 0.4) is 0 Å². The highest BCUT2D eigenvalue weighted by molar-refractivity contribution is 6.09. The van der Waals surface area contributed by atoms with Gasteiger partial charge in [0.1, 0.15) is 5.69 Å². The van der Waals surface area contributed by atoms with Crippen molar-refractivity contribution in [3.8, 4) is 6.07 Å². The first-order valence-electron chi connectivity index (χ1n) is 8.37. The standard InChI is InChI=1S/C19H20N4O4/c1-10(2)15-16(17(25)13-7-11(3)6-12(8-13)9-20)23(5-4-14(21)24)19(27)22-18(15)26/h6-8,10H,4-5H2,1-3H3,(H2,21,24)(H,22,26,27). The minimum Gasteiger partial charge on any atom is -0.370 e. The van der Waals surface area contributed by atoms with Crippen LogP contribution in [-0.4, -0.2) is 21.2 Å². The van der Waals surface area contributed by atoms with Crippen molar-refractivity contribution in [3.05, 3.63) is 67.0 Å². The molecule has 1 amide bonds. The molecular formula is C19H20N4O4. The fourth-order valence-corrected chi connectivity index (χ4v) is 2.92. The summed E-state index contributed by atoms with van der Waals surface area (Å²) in [5.41, 5.74) is 4.95. The summed E-state index contributed by atoms with van der Waals surface area (Å²) in [6.45, 7) is 5.05. The molecule has 0 aliphatic rings. The van der Waals surface area contributed by atoms with E-state index in [1.807, 2.05) is 6.07 Å². The summed E-state index contributed by atoms with van der Waals surface area (Å²) in [7, 11) is 0. The molecular weight excluding hydrogens is 348 g/mol. The van der Waals surface area contributed by atoms with Gasteiger partial charge >= 0.3 is 5.69 Å². The zero-order valence-corrected chi connectivity index (χ0v) is 15.3. The Morgan fingerprint density at radius 3 is 2.48 bits per heavy atom. The Morgan fingerprint density at radius 1 is 1.26 bits per heavy atom. The summed E-state index contributed by atoms with van der Waals surface area (Å²) < 4.78 is 1.07. The molecule has 2 aromatic rings. The predicted molar refractivity (Wildman–Crippen MR) is 98.5 cm³/mol. The molecule has 0 saturated heterocycles. The number of nitrogens with one attached hydrogen (secondary N) is 1. The summed E-state index contributed by atoms with van der Waals surface area (Å²) in [6.07, 6.45) is -0.166. The van der Waals surface area contributed by atoms with E-state index in [1.54, 1.807) is 32.9 Å². The molecule has 3 N–H and O–H groups in total. The summed E-state index contributed by atoms with van der Waals surface area (Å²) >= 11 is 0. The number of ketones is 1. The molecule has 1 heterocycles. The van der Waals surface area contributed by atoms with Crippen molar-refractivity contribution < 1.29 is 9.59 Å². The van der Waals surface area contributed by atoms with Crippen LogP contribution in [0.4, 0.5) is 0 Å². The Kier molecular flexibility index (Phi) is 5.75. The van der Waals surface area contributed by atoms with Gasteiger partial charge < -0.3 is 5.73 Å². The molecule has 0 unspecified atom stereocenters. The number of aromatic amines is 1. The molecule has 8 nitrogen and oxygen atoms in total. The first-order valence-corrected chi connectivity index (χ1v) is 8.37. The van der Waals surface area contributed by atoms with E-state index in [1.165, 1.54) is 6.07 Å². The smallest absolute Gasteiger partial charge is 0.328 e. The largest absolute Gasteiger partial charge is 0.370 e. The quantitative estimate of drug-likeness (QED) is 0.731. The predicted octanol–water partition coefficient (Wildman–Crippen LogP) is 0.946. The zero-order chi connectivity index (χ0) is 20.3. The molecule has 0 aliphatic heterocycles. The minimum atomic E-state index is -0.790. The van der Waals surface area contributed by atoms with Gasteiger partial charge in [0.25, 0.3) is 5.56 Å². The molecule has 1 aromatic heterocycles. The van der Waals surface area contributed by atoms with Gasteiger partial charge in [-0.25, -0.2) is 4.79 Å². The third kappa shape index (κ3) is 4.20. The number of carbonyl (C=O) groups excluding carboxylic acids is 2. The van der Waals surface area contributed by atoms with E-state index in [0.29, 0.717) is 11.1 Å². The lowest BCUT2D eigenvalue weighted by atomic mass is 9.95. The Bertz CT molecular complexity index is 1070. The van der Waals surface area contributed by atoms with Crippen LogP contribution < -0.4 is 17.0 Å². The van der Waals surface area contributed by atoms with Crippen molar-refractivity contribution in [3.63, 3.8) is 0 Å². The topological polar surface area (TPSA) is 139 Å². The van der Waals surface area contributed by atoms with Crippen LogP contribution in [0.25, 0.3) is 0 Å². The molecule has 0 radical (unpaired) electrons. The zero-order valence-electron chi connectivity index (χ0n) is 15.3. The Hall–Kier alpha value is -3.47. The van der Waals surface area contributed by atoms with E-state index in [9.17, 15) is 19.2 Å². The average Bonchev–Trinajstić information content (AvgIpc) is 2.58.